The Balaban J connectivity index is 2.46. The Hall–Kier alpha value is -0.340. The van der Waals surface area contributed by atoms with E-state index < -0.39 is 6.10 Å². The van der Waals surface area contributed by atoms with Crippen molar-refractivity contribution in [3.8, 4) is 0 Å². The summed E-state index contributed by atoms with van der Waals surface area (Å²) in [6, 6.07) is 0. The number of rotatable bonds is 2. The molecule has 0 saturated carbocycles. The molecular weight excluding hydrogens is 140 g/mol. The lowest BCUT2D eigenvalue weighted by Crippen LogP contribution is -2.23. The molecular formula is C9H16O2. The van der Waals surface area contributed by atoms with Crippen molar-refractivity contribution >= 4 is 0 Å². The first-order valence-electron chi connectivity index (χ1n) is 4.11. The average molecular weight is 156 g/mol. The van der Waals surface area contributed by atoms with E-state index in [0.717, 1.165) is 6.42 Å². The van der Waals surface area contributed by atoms with Crippen LogP contribution < -0.4 is 0 Å². The normalized spacial score (nSPS) is 40.5. The lowest BCUT2D eigenvalue weighted by Gasteiger charge is -2.13. The Morgan fingerprint density at radius 2 is 2.27 bits per heavy atom. The van der Waals surface area contributed by atoms with Gasteiger partial charge in [0.2, 0.25) is 0 Å². The van der Waals surface area contributed by atoms with Gasteiger partial charge in [-0.05, 0) is 19.3 Å². The molecule has 64 valence electrons. The van der Waals surface area contributed by atoms with Crippen LogP contribution in [-0.4, -0.2) is 23.4 Å². The Morgan fingerprint density at radius 3 is 2.64 bits per heavy atom. The first-order chi connectivity index (χ1) is 5.15. The minimum Gasteiger partial charge on any atom is -0.386 e. The summed E-state index contributed by atoms with van der Waals surface area (Å²) in [5.41, 5.74) is 0. The van der Waals surface area contributed by atoms with Crippen molar-refractivity contribution in [2.75, 3.05) is 0 Å². The van der Waals surface area contributed by atoms with Gasteiger partial charge in [-0.3, -0.25) is 0 Å². The molecule has 1 aliphatic rings. The van der Waals surface area contributed by atoms with Crippen molar-refractivity contribution in [2.45, 2.75) is 38.6 Å². The molecule has 0 aliphatic carbocycles. The van der Waals surface area contributed by atoms with Gasteiger partial charge in [-0.15, -0.1) is 6.58 Å². The van der Waals surface area contributed by atoms with E-state index in [1.54, 1.807) is 0 Å². The molecule has 0 aromatic rings. The van der Waals surface area contributed by atoms with Crippen molar-refractivity contribution in [3.05, 3.63) is 12.7 Å². The smallest absolute Gasteiger partial charge is 0.0980 e. The summed E-state index contributed by atoms with van der Waals surface area (Å²) in [4.78, 5) is 0. The highest BCUT2D eigenvalue weighted by Crippen LogP contribution is 2.27. The third kappa shape index (κ3) is 1.82. The molecule has 1 aliphatic heterocycles. The number of hydrogen-bond acceptors (Lipinski definition) is 2. The maximum atomic E-state index is 9.35. The lowest BCUT2D eigenvalue weighted by molar-refractivity contribution is -0.0120. The number of hydrogen-bond donors (Lipinski definition) is 1. The van der Waals surface area contributed by atoms with E-state index in [9.17, 15) is 5.11 Å². The minimum absolute atomic E-state index is 0.0301. The summed E-state index contributed by atoms with van der Waals surface area (Å²) in [6.07, 6.45) is 2.22. The summed E-state index contributed by atoms with van der Waals surface area (Å²) in [6.45, 7) is 7.71. The predicted octanol–water partition coefficient (Wildman–Crippen LogP) is 1.35. The number of aliphatic hydroxyl groups is 1. The Morgan fingerprint density at radius 1 is 1.64 bits per heavy atom. The summed E-state index contributed by atoms with van der Waals surface area (Å²) in [5, 5.41) is 9.35. The van der Waals surface area contributed by atoms with E-state index in [1.807, 2.05) is 6.92 Å². The van der Waals surface area contributed by atoms with Crippen LogP contribution in [0.1, 0.15) is 20.3 Å². The Labute approximate surface area is 67.9 Å². The van der Waals surface area contributed by atoms with Crippen molar-refractivity contribution in [3.63, 3.8) is 0 Å². The lowest BCUT2D eigenvalue weighted by atomic mass is 10.0. The Bertz CT molecular complexity index is 134. The van der Waals surface area contributed by atoms with E-state index in [0.29, 0.717) is 5.92 Å². The molecule has 4 atom stereocenters. The maximum Gasteiger partial charge on any atom is 0.0980 e. The third-order valence-electron chi connectivity index (χ3n) is 2.42. The summed E-state index contributed by atoms with van der Waals surface area (Å²) >= 11 is 0. The van der Waals surface area contributed by atoms with Gasteiger partial charge in [-0.1, -0.05) is 13.0 Å². The monoisotopic (exact) mass is 156 g/mol. The van der Waals surface area contributed by atoms with Crippen LogP contribution in [0.2, 0.25) is 0 Å². The van der Waals surface area contributed by atoms with Gasteiger partial charge in [0.05, 0.1) is 18.3 Å². The molecule has 2 nitrogen and oxygen atoms in total. The van der Waals surface area contributed by atoms with Crippen LogP contribution in [0, 0.1) is 5.92 Å². The second-order valence-electron chi connectivity index (χ2n) is 3.32. The molecule has 0 bridgehead atoms. The molecule has 0 aromatic heterocycles. The van der Waals surface area contributed by atoms with Crippen LogP contribution in [-0.2, 0) is 4.74 Å². The molecule has 1 N–H and O–H groups in total. The van der Waals surface area contributed by atoms with E-state index in [2.05, 4.69) is 13.5 Å². The SMILES string of the molecule is C=CC(O)C1CC(C)[C@H](C)O1. The van der Waals surface area contributed by atoms with E-state index >= 15 is 0 Å². The highest BCUT2D eigenvalue weighted by molar-refractivity contribution is 4.90. The number of ether oxygens (including phenoxy) is 1. The van der Waals surface area contributed by atoms with Crippen molar-refractivity contribution < 1.29 is 9.84 Å². The van der Waals surface area contributed by atoms with Gasteiger partial charge in [-0.25, -0.2) is 0 Å². The van der Waals surface area contributed by atoms with Crippen LogP contribution in [0.25, 0.3) is 0 Å². The zero-order valence-electron chi connectivity index (χ0n) is 7.16. The second kappa shape index (κ2) is 3.37. The van der Waals surface area contributed by atoms with Crippen LogP contribution in [0.5, 0.6) is 0 Å². The third-order valence-corrected chi connectivity index (χ3v) is 2.42. The average Bonchev–Trinajstić information content (AvgIpc) is 2.31. The van der Waals surface area contributed by atoms with Gasteiger partial charge in [0.25, 0.3) is 0 Å². The molecule has 0 amide bonds. The molecule has 0 aromatic carbocycles. The molecule has 0 radical (unpaired) electrons. The van der Waals surface area contributed by atoms with Gasteiger partial charge in [-0.2, -0.15) is 0 Å². The Kier molecular flexibility index (Phi) is 2.68. The zero-order valence-corrected chi connectivity index (χ0v) is 7.16. The van der Waals surface area contributed by atoms with Crippen LogP contribution in [0.4, 0.5) is 0 Å². The molecule has 1 saturated heterocycles. The molecule has 3 unspecified atom stereocenters. The van der Waals surface area contributed by atoms with E-state index in [4.69, 9.17) is 4.74 Å². The van der Waals surface area contributed by atoms with Crippen LogP contribution in [0.3, 0.4) is 0 Å². The highest BCUT2D eigenvalue weighted by atomic mass is 16.5. The van der Waals surface area contributed by atoms with Gasteiger partial charge in [0, 0.05) is 0 Å². The highest BCUT2D eigenvalue weighted by Gasteiger charge is 2.32. The number of aliphatic hydroxyl groups excluding tert-OH is 1. The fourth-order valence-corrected chi connectivity index (χ4v) is 1.40. The summed E-state index contributed by atoms with van der Waals surface area (Å²) in [5.74, 6) is 0.551. The van der Waals surface area contributed by atoms with Gasteiger partial charge in [0.1, 0.15) is 0 Å². The van der Waals surface area contributed by atoms with Crippen molar-refractivity contribution in [2.24, 2.45) is 5.92 Å². The molecule has 2 heteroatoms. The predicted molar refractivity (Wildman–Crippen MR) is 44.3 cm³/mol. The van der Waals surface area contributed by atoms with Crippen LogP contribution in [0.15, 0.2) is 12.7 Å². The minimum atomic E-state index is -0.498. The first kappa shape index (κ1) is 8.75. The fourth-order valence-electron chi connectivity index (χ4n) is 1.40. The van der Waals surface area contributed by atoms with Gasteiger partial charge < -0.3 is 9.84 Å². The molecule has 1 fully saturated rings. The van der Waals surface area contributed by atoms with Gasteiger partial charge >= 0.3 is 0 Å². The second-order valence-corrected chi connectivity index (χ2v) is 3.32. The largest absolute Gasteiger partial charge is 0.386 e. The summed E-state index contributed by atoms with van der Waals surface area (Å²) < 4.78 is 5.50. The standard InChI is InChI=1S/C9H16O2/c1-4-8(10)9-5-6(2)7(3)11-9/h4,6-10H,1,5H2,2-3H3/t6?,7-,8?,9?/m0/s1. The summed E-state index contributed by atoms with van der Waals surface area (Å²) in [7, 11) is 0. The maximum absolute atomic E-state index is 9.35. The van der Waals surface area contributed by atoms with Crippen molar-refractivity contribution in [1.29, 1.82) is 0 Å². The molecule has 0 spiro atoms. The quantitative estimate of drug-likeness (QED) is 0.611. The van der Waals surface area contributed by atoms with Crippen molar-refractivity contribution in [1.82, 2.24) is 0 Å². The van der Waals surface area contributed by atoms with Gasteiger partial charge in [0.15, 0.2) is 0 Å². The van der Waals surface area contributed by atoms with Crippen LogP contribution >= 0.6 is 0 Å². The molecule has 11 heavy (non-hydrogen) atoms. The zero-order chi connectivity index (χ0) is 8.43. The topological polar surface area (TPSA) is 29.5 Å². The van der Waals surface area contributed by atoms with E-state index in [-0.39, 0.29) is 12.2 Å². The fraction of sp³-hybridized carbons (Fsp3) is 0.778. The molecule has 1 rings (SSSR count). The first-order valence-corrected chi connectivity index (χ1v) is 4.11. The van der Waals surface area contributed by atoms with E-state index in [1.165, 1.54) is 6.08 Å². The molecule has 1 heterocycles.